The summed E-state index contributed by atoms with van der Waals surface area (Å²) >= 11 is 0. The molecule has 0 unspecified atom stereocenters. The summed E-state index contributed by atoms with van der Waals surface area (Å²) in [6, 6.07) is 26.9. The van der Waals surface area contributed by atoms with E-state index in [1.165, 1.54) is 5.56 Å². The zero-order valence-corrected chi connectivity index (χ0v) is 14.3. The topological polar surface area (TPSA) is 27.1 Å². The molecular weight excluding hydrogens is 320 g/mol. The van der Waals surface area contributed by atoms with E-state index in [-0.39, 0.29) is 0 Å². The van der Waals surface area contributed by atoms with E-state index in [1.807, 2.05) is 36.7 Å². The number of aryl methyl sites for hydroxylation is 2. The van der Waals surface area contributed by atoms with E-state index in [0.29, 0.717) is 0 Å². The van der Waals surface area contributed by atoms with Crippen LogP contribution in [0.2, 0.25) is 0 Å². The molecule has 0 aliphatic carbocycles. The van der Waals surface area contributed by atoms with Crippen LogP contribution in [-0.2, 0) is 13.0 Å². The normalized spacial score (nSPS) is 11.7. The van der Waals surface area contributed by atoms with E-state index >= 15 is 0 Å². The smallest absolute Gasteiger partial charge is 0.136 e. The SMILES string of the molecule is c1ccc(CCn2cnc3c2-c2ccccc2Oc2ccccc2-3)cc1. The Hall–Kier alpha value is -3.33. The van der Waals surface area contributed by atoms with Crippen molar-refractivity contribution >= 4 is 0 Å². The Kier molecular flexibility index (Phi) is 3.56. The summed E-state index contributed by atoms with van der Waals surface area (Å²) in [6.45, 7) is 0.878. The lowest BCUT2D eigenvalue weighted by Crippen LogP contribution is -2.02. The fourth-order valence-corrected chi connectivity index (χ4v) is 3.55. The van der Waals surface area contributed by atoms with Crippen LogP contribution in [0.3, 0.4) is 0 Å². The maximum absolute atomic E-state index is 6.21. The Morgan fingerprint density at radius 1 is 0.731 bits per heavy atom. The van der Waals surface area contributed by atoms with Gasteiger partial charge in [0, 0.05) is 17.7 Å². The second-order valence-corrected chi connectivity index (χ2v) is 6.47. The monoisotopic (exact) mass is 338 g/mol. The van der Waals surface area contributed by atoms with Crippen LogP contribution < -0.4 is 4.74 Å². The van der Waals surface area contributed by atoms with Crippen molar-refractivity contribution in [2.24, 2.45) is 0 Å². The number of ether oxygens (including phenoxy) is 1. The second kappa shape index (κ2) is 6.19. The molecule has 3 nitrogen and oxygen atoms in total. The molecule has 3 heteroatoms. The highest BCUT2D eigenvalue weighted by Gasteiger charge is 2.24. The van der Waals surface area contributed by atoms with Gasteiger partial charge in [0.15, 0.2) is 0 Å². The number of para-hydroxylation sites is 2. The Balaban J connectivity index is 1.63. The predicted molar refractivity (Wildman–Crippen MR) is 103 cm³/mol. The average Bonchev–Trinajstić information content (AvgIpc) is 3.05. The first kappa shape index (κ1) is 15.0. The van der Waals surface area contributed by atoms with Crippen LogP contribution in [0.4, 0.5) is 0 Å². The molecule has 3 aromatic carbocycles. The zero-order valence-electron chi connectivity index (χ0n) is 14.3. The van der Waals surface area contributed by atoms with Gasteiger partial charge in [-0.05, 0) is 36.2 Å². The molecule has 0 spiro atoms. The van der Waals surface area contributed by atoms with Gasteiger partial charge in [-0.25, -0.2) is 4.98 Å². The van der Waals surface area contributed by atoms with Crippen molar-refractivity contribution in [3.63, 3.8) is 0 Å². The van der Waals surface area contributed by atoms with Crippen LogP contribution in [0.5, 0.6) is 11.5 Å². The lowest BCUT2D eigenvalue weighted by atomic mass is 10.0. The molecule has 0 amide bonds. The lowest BCUT2D eigenvalue weighted by Gasteiger charge is -2.11. The quantitative estimate of drug-likeness (QED) is 0.430. The predicted octanol–water partition coefficient (Wildman–Crippen LogP) is 5.57. The van der Waals surface area contributed by atoms with E-state index in [1.54, 1.807) is 0 Å². The maximum atomic E-state index is 6.21. The standard InChI is InChI=1S/C23H18N2O/c1-2-8-17(9-3-1)14-15-25-16-24-22-18-10-4-6-12-20(18)26-21-13-7-5-11-19(21)23(22)25/h1-13,16H,14-15H2. The van der Waals surface area contributed by atoms with Gasteiger partial charge in [0.1, 0.15) is 17.2 Å². The number of hydrogen-bond acceptors (Lipinski definition) is 2. The Morgan fingerprint density at radius 3 is 2.19 bits per heavy atom. The van der Waals surface area contributed by atoms with Crippen molar-refractivity contribution in [3.8, 4) is 34.0 Å². The molecule has 0 N–H and O–H groups in total. The third-order valence-corrected chi connectivity index (χ3v) is 4.83. The summed E-state index contributed by atoms with van der Waals surface area (Å²) in [5, 5.41) is 0. The Bertz CT molecular complexity index is 1070. The van der Waals surface area contributed by atoms with Gasteiger partial charge in [0.05, 0.1) is 12.0 Å². The summed E-state index contributed by atoms with van der Waals surface area (Å²) in [5.41, 5.74) is 5.56. The number of benzene rings is 3. The molecule has 1 aromatic heterocycles. The Morgan fingerprint density at radius 2 is 1.38 bits per heavy atom. The number of rotatable bonds is 3. The first-order chi connectivity index (χ1) is 12.9. The number of imidazole rings is 1. The van der Waals surface area contributed by atoms with E-state index in [4.69, 9.17) is 9.72 Å². The minimum atomic E-state index is 0.854. The lowest BCUT2D eigenvalue weighted by molar-refractivity contribution is 0.487. The van der Waals surface area contributed by atoms with Crippen LogP contribution in [0, 0.1) is 0 Å². The van der Waals surface area contributed by atoms with E-state index in [2.05, 4.69) is 53.1 Å². The molecule has 0 bridgehead atoms. The number of nitrogens with zero attached hydrogens (tertiary/aromatic N) is 2. The van der Waals surface area contributed by atoms with Gasteiger partial charge in [-0.3, -0.25) is 0 Å². The van der Waals surface area contributed by atoms with Gasteiger partial charge in [0.25, 0.3) is 0 Å². The van der Waals surface area contributed by atoms with Crippen molar-refractivity contribution in [1.29, 1.82) is 0 Å². The maximum Gasteiger partial charge on any atom is 0.136 e. The highest BCUT2D eigenvalue weighted by Crippen LogP contribution is 2.45. The highest BCUT2D eigenvalue weighted by molar-refractivity contribution is 5.86. The Labute approximate surface area is 152 Å². The van der Waals surface area contributed by atoms with Crippen LogP contribution >= 0.6 is 0 Å². The van der Waals surface area contributed by atoms with Crippen LogP contribution in [0.1, 0.15) is 5.56 Å². The minimum absolute atomic E-state index is 0.854. The molecule has 0 saturated carbocycles. The van der Waals surface area contributed by atoms with Crippen molar-refractivity contribution in [2.45, 2.75) is 13.0 Å². The van der Waals surface area contributed by atoms with Gasteiger partial charge < -0.3 is 9.30 Å². The third-order valence-electron chi connectivity index (χ3n) is 4.83. The number of aromatic nitrogens is 2. The number of fused-ring (bicyclic) bond motifs is 5. The molecule has 2 heterocycles. The molecule has 0 atom stereocenters. The van der Waals surface area contributed by atoms with E-state index in [9.17, 15) is 0 Å². The molecule has 126 valence electrons. The second-order valence-electron chi connectivity index (χ2n) is 6.47. The van der Waals surface area contributed by atoms with Crippen LogP contribution in [0.15, 0.2) is 85.2 Å². The largest absolute Gasteiger partial charge is 0.456 e. The van der Waals surface area contributed by atoms with Gasteiger partial charge in [-0.15, -0.1) is 0 Å². The van der Waals surface area contributed by atoms with Crippen LogP contribution in [-0.4, -0.2) is 9.55 Å². The summed E-state index contributed by atoms with van der Waals surface area (Å²) < 4.78 is 8.45. The zero-order chi connectivity index (χ0) is 17.3. The third kappa shape index (κ3) is 2.49. The van der Waals surface area contributed by atoms with Gasteiger partial charge >= 0.3 is 0 Å². The van der Waals surface area contributed by atoms with Gasteiger partial charge in [0.2, 0.25) is 0 Å². The van der Waals surface area contributed by atoms with E-state index < -0.39 is 0 Å². The molecule has 26 heavy (non-hydrogen) atoms. The molecule has 0 fully saturated rings. The van der Waals surface area contributed by atoms with Crippen LogP contribution in [0.25, 0.3) is 22.5 Å². The van der Waals surface area contributed by atoms with Crippen molar-refractivity contribution < 1.29 is 4.74 Å². The average molecular weight is 338 g/mol. The first-order valence-corrected chi connectivity index (χ1v) is 8.86. The van der Waals surface area contributed by atoms with Crippen molar-refractivity contribution in [3.05, 3.63) is 90.8 Å². The van der Waals surface area contributed by atoms with Crippen molar-refractivity contribution in [2.75, 3.05) is 0 Å². The molecule has 4 aromatic rings. The molecular formula is C23H18N2O. The number of hydrogen-bond donors (Lipinski definition) is 0. The molecule has 1 aliphatic heterocycles. The fraction of sp³-hybridized carbons (Fsp3) is 0.0870. The van der Waals surface area contributed by atoms with E-state index in [0.717, 1.165) is 47.0 Å². The molecule has 0 radical (unpaired) electrons. The van der Waals surface area contributed by atoms with Crippen molar-refractivity contribution in [1.82, 2.24) is 9.55 Å². The summed E-state index contributed by atoms with van der Waals surface area (Å²) in [5.74, 6) is 1.73. The fourth-order valence-electron chi connectivity index (χ4n) is 3.55. The van der Waals surface area contributed by atoms with Gasteiger partial charge in [-0.1, -0.05) is 54.6 Å². The highest BCUT2D eigenvalue weighted by atomic mass is 16.5. The summed E-state index contributed by atoms with van der Waals surface area (Å²) in [6.07, 6.45) is 2.92. The molecule has 1 aliphatic rings. The minimum Gasteiger partial charge on any atom is -0.456 e. The molecule has 0 saturated heterocycles. The first-order valence-electron chi connectivity index (χ1n) is 8.86. The molecule has 5 rings (SSSR count). The van der Waals surface area contributed by atoms with Gasteiger partial charge in [-0.2, -0.15) is 0 Å². The summed E-state index contributed by atoms with van der Waals surface area (Å²) in [7, 11) is 0. The summed E-state index contributed by atoms with van der Waals surface area (Å²) in [4.78, 5) is 4.75.